The standard InChI is InChI=1S/C30H36FN3O6S/c1-6-28(30(36)32-21(2)3)33(19-22-7-13-25(39-4)14-8-22)29(35)20-34(24-11-9-23(31)10-12-24)41(37,38)27-17-15-26(40-5)16-18-27/h7-18,21,28H,6,19-20H2,1-5H3,(H,32,36)/t28-/m1/s1. The van der Waals surface area contributed by atoms with Crippen LogP contribution in [0.3, 0.4) is 0 Å². The minimum atomic E-state index is -4.28. The normalized spacial score (nSPS) is 12.0. The number of hydrogen-bond donors (Lipinski definition) is 1. The minimum Gasteiger partial charge on any atom is -0.497 e. The Hall–Kier alpha value is -4.12. The average molecular weight is 586 g/mol. The van der Waals surface area contributed by atoms with E-state index in [1.54, 1.807) is 38.3 Å². The topological polar surface area (TPSA) is 105 Å². The molecule has 1 N–H and O–H groups in total. The Kier molecular flexibility index (Phi) is 10.7. The van der Waals surface area contributed by atoms with Crippen molar-refractivity contribution in [3.63, 3.8) is 0 Å². The van der Waals surface area contributed by atoms with Crippen LogP contribution in [0.1, 0.15) is 32.8 Å². The molecule has 0 heterocycles. The van der Waals surface area contributed by atoms with Crippen LogP contribution in [0, 0.1) is 5.82 Å². The van der Waals surface area contributed by atoms with Crippen LogP contribution in [0.5, 0.6) is 11.5 Å². The second-order valence-electron chi connectivity index (χ2n) is 9.62. The molecule has 0 saturated carbocycles. The number of benzene rings is 3. The average Bonchev–Trinajstić information content (AvgIpc) is 2.96. The maximum absolute atomic E-state index is 14.0. The first kappa shape index (κ1) is 31.4. The SMILES string of the molecule is CC[C@H](C(=O)NC(C)C)N(Cc1ccc(OC)cc1)C(=O)CN(c1ccc(F)cc1)S(=O)(=O)c1ccc(OC)cc1. The fourth-order valence-corrected chi connectivity index (χ4v) is 5.65. The van der Waals surface area contributed by atoms with Gasteiger partial charge in [-0.25, -0.2) is 12.8 Å². The zero-order valence-electron chi connectivity index (χ0n) is 23.8. The predicted molar refractivity (Wildman–Crippen MR) is 155 cm³/mol. The molecule has 11 heteroatoms. The van der Waals surface area contributed by atoms with Crippen molar-refractivity contribution in [3.05, 3.63) is 84.2 Å². The number of ether oxygens (including phenoxy) is 2. The van der Waals surface area contributed by atoms with Crippen LogP contribution in [0.15, 0.2) is 77.7 Å². The molecule has 220 valence electrons. The van der Waals surface area contributed by atoms with Crippen molar-refractivity contribution in [2.24, 2.45) is 0 Å². The molecule has 0 aromatic heterocycles. The number of nitrogens with zero attached hydrogens (tertiary/aromatic N) is 2. The van der Waals surface area contributed by atoms with E-state index in [-0.39, 0.29) is 29.1 Å². The lowest BCUT2D eigenvalue weighted by molar-refractivity contribution is -0.140. The molecular weight excluding hydrogens is 549 g/mol. The van der Waals surface area contributed by atoms with E-state index in [1.807, 2.05) is 13.8 Å². The first-order valence-corrected chi connectivity index (χ1v) is 14.6. The number of sulfonamides is 1. The van der Waals surface area contributed by atoms with Gasteiger partial charge in [-0.05, 0) is 86.5 Å². The van der Waals surface area contributed by atoms with E-state index in [9.17, 15) is 22.4 Å². The lowest BCUT2D eigenvalue weighted by atomic mass is 10.1. The monoisotopic (exact) mass is 585 g/mol. The summed E-state index contributed by atoms with van der Waals surface area (Å²) >= 11 is 0. The Balaban J connectivity index is 2.05. The molecule has 0 radical (unpaired) electrons. The lowest BCUT2D eigenvalue weighted by Gasteiger charge is -2.33. The van der Waals surface area contributed by atoms with Crippen molar-refractivity contribution in [1.82, 2.24) is 10.2 Å². The third kappa shape index (κ3) is 7.97. The number of amides is 2. The Morgan fingerprint density at radius 3 is 1.90 bits per heavy atom. The molecule has 3 rings (SSSR count). The summed E-state index contributed by atoms with van der Waals surface area (Å²) in [5, 5.41) is 2.85. The Bertz CT molecular complexity index is 1410. The maximum Gasteiger partial charge on any atom is 0.264 e. The highest BCUT2D eigenvalue weighted by atomic mass is 32.2. The number of carbonyl (C=O) groups excluding carboxylic acids is 2. The van der Waals surface area contributed by atoms with Gasteiger partial charge >= 0.3 is 0 Å². The number of anilines is 1. The second kappa shape index (κ2) is 14.0. The smallest absolute Gasteiger partial charge is 0.264 e. The van der Waals surface area contributed by atoms with Gasteiger partial charge in [-0.3, -0.25) is 13.9 Å². The van der Waals surface area contributed by atoms with E-state index in [4.69, 9.17) is 9.47 Å². The molecule has 0 aliphatic carbocycles. The summed E-state index contributed by atoms with van der Waals surface area (Å²) in [6.45, 7) is 4.84. The van der Waals surface area contributed by atoms with Crippen LogP contribution >= 0.6 is 0 Å². The van der Waals surface area contributed by atoms with Gasteiger partial charge in [0.15, 0.2) is 0 Å². The maximum atomic E-state index is 14.0. The van der Waals surface area contributed by atoms with Crippen LogP contribution in [0.2, 0.25) is 0 Å². The van der Waals surface area contributed by atoms with Crippen molar-refractivity contribution < 1.29 is 31.9 Å². The van der Waals surface area contributed by atoms with Gasteiger partial charge in [0.2, 0.25) is 11.8 Å². The van der Waals surface area contributed by atoms with E-state index in [0.29, 0.717) is 17.9 Å². The quantitative estimate of drug-likeness (QED) is 0.320. The van der Waals surface area contributed by atoms with E-state index >= 15 is 0 Å². The molecule has 0 aliphatic heterocycles. The van der Waals surface area contributed by atoms with Crippen molar-refractivity contribution in [1.29, 1.82) is 0 Å². The lowest BCUT2D eigenvalue weighted by Crippen LogP contribution is -2.53. The zero-order valence-corrected chi connectivity index (χ0v) is 24.7. The number of methoxy groups -OCH3 is 2. The summed E-state index contributed by atoms with van der Waals surface area (Å²) < 4.78 is 52.8. The highest BCUT2D eigenvalue weighted by molar-refractivity contribution is 7.92. The molecule has 0 saturated heterocycles. The molecule has 0 unspecified atom stereocenters. The summed E-state index contributed by atoms with van der Waals surface area (Å²) in [6, 6.07) is 16.6. The number of hydrogen-bond acceptors (Lipinski definition) is 6. The Morgan fingerprint density at radius 1 is 0.878 bits per heavy atom. The van der Waals surface area contributed by atoms with Crippen LogP contribution in [0.25, 0.3) is 0 Å². The highest BCUT2D eigenvalue weighted by Crippen LogP contribution is 2.26. The van der Waals surface area contributed by atoms with Gasteiger partial charge in [0, 0.05) is 12.6 Å². The number of rotatable bonds is 13. The molecule has 2 amide bonds. The van der Waals surface area contributed by atoms with Crippen LogP contribution in [0.4, 0.5) is 10.1 Å². The fourth-order valence-electron chi connectivity index (χ4n) is 4.24. The molecule has 9 nitrogen and oxygen atoms in total. The van der Waals surface area contributed by atoms with Crippen molar-refractivity contribution >= 4 is 27.5 Å². The van der Waals surface area contributed by atoms with Gasteiger partial charge in [-0.1, -0.05) is 19.1 Å². The van der Waals surface area contributed by atoms with Gasteiger partial charge in [0.25, 0.3) is 10.0 Å². The van der Waals surface area contributed by atoms with Gasteiger partial charge < -0.3 is 19.7 Å². The summed E-state index contributed by atoms with van der Waals surface area (Å²) in [7, 11) is -1.28. The molecular formula is C30H36FN3O6S. The third-order valence-corrected chi connectivity index (χ3v) is 8.16. The van der Waals surface area contributed by atoms with E-state index in [1.165, 1.54) is 48.4 Å². The third-order valence-electron chi connectivity index (χ3n) is 6.37. The van der Waals surface area contributed by atoms with Gasteiger partial charge in [0.05, 0.1) is 24.8 Å². The number of carbonyl (C=O) groups is 2. The first-order valence-electron chi connectivity index (χ1n) is 13.1. The Labute approximate surface area is 240 Å². The number of nitrogens with one attached hydrogen (secondary N) is 1. The molecule has 41 heavy (non-hydrogen) atoms. The van der Waals surface area contributed by atoms with E-state index in [2.05, 4.69) is 5.32 Å². The number of halogens is 1. The zero-order chi connectivity index (χ0) is 30.2. The van der Waals surface area contributed by atoms with Crippen molar-refractivity contribution in [3.8, 4) is 11.5 Å². The van der Waals surface area contributed by atoms with Crippen molar-refractivity contribution in [2.45, 2.75) is 50.7 Å². The summed E-state index contributed by atoms with van der Waals surface area (Å²) in [4.78, 5) is 28.5. The fraction of sp³-hybridized carbons (Fsp3) is 0.333. The molecule has 3 aromatic rings. The molecule has 3 aromatic carbocycles. The van der Waals surface area contributed by atoms with E-state index < -0.39 is 34.3 Å². The van der Waals surface area contributed by atoms with Gasteiger partial charge in [-0.2, -0.15) is 0 Å². The highest BCUT2D eigenvalue weighted by Gasteiger charge is 2.34. The molecule has 0 fully saturated rings. The molecule has 0 spiro atoms. The van der Waals surface area contributed by atoms with Crippen LogP contribution < -0.4 is 19.1 Å². The second-order valence-corrected chi connectivity index (χ2v) is 11.5. The van der Waals surface area contributed by atoms with Gasteiger partial charge in [-0.15, -0.1) is 0 Å². The molecule has 0 bridgehead atoms. The van der Waals surface area contributed by atoms with E-state index in [0.717, 1.165) is 22.0 Å². The first-order chi connectivity index (χ1) is 19.5. The van der Waals surface area contributed by atoms with Crippen molar-refractivity contribution in [2.75, 3.05) is 25.1 Å². The minimum absolute atomic E-state index is 0.0483. The summed E-state index contributed by atoms with van der Waals surface area (Å²) in [5.41, 5.74) is 0.820. The Morgan fingerprint density at radius 2 is 1.41 bits per heavy atom. The summed E-state index contributed by atoms with van der Waals surface area (Å²) in [5.74, 6) is -0.423. The van der Waals surface area contributed by atoms with Crippen LogP contribution in [-0.2, 0) is 26.2 Å². The summed E-state index contributed by atoms with van der Waals surface area (Å²) in [6.07, 6.45) is 0.294. The molecule has 1 atom stereocenters. The molecule has 0 aliphatic rings. The van der Waals surface area contributed by atoms with Crippen LogP contribution in [-0.4, -0.2) is 58.0 Å². The predicted octanol–water partition coefficient (Wildman–Crippen LogP) is 4.37. The van der Waals surface area contributed by atoms with Gasteiger partial charge in [0.1, 0.15) is 29.9 Å². The largest absolute Gasteiger partial charge is 0.497 e.